The summed E-state index contributed by atoms with van der Waals surface area (Å²) >= 11 is 0. The van der Waals surface area contributed by atoms with E-state index >= 15 is 0 Å². The van der Waals surface area contributed by atoms with Gasteiger partial charge in [-0.3, -0.25) is 14.7 Å². The smallest absolute Gasteiger partial charge is 0.251 e. The Morgan fingerprint density at radius 2 is 2.09 bits per heavy atom. The van der Waals surface area contributed by atoms with Crippen molar-refractivity contribution < 1.29 is 4.52 Å². The number of fused-ring (bicyclic) bond motifs is 3. The van der Waals surface area contributed by atoms with Crippen LogP contribution in [0.4, 0.5) is 11.5 Å². The molecule has 1 aliphatic heterocycles. The lowest BCUT2D eigenvalue weighted by atomic mass is 10.1. The third kappa shape index (κ3) is 3.12. The second kappa shape index (κ2) is 7.30. The number of nitrogens with one attached hydrogen (secondary N) is 2. The van der Waals surface area contributed by atoms with Gasteiger partial charge in [-0.05, 0) is 30.5 Å². The van der Waals surface area contributed by atoms with Crippen LogP contribution in [0.15, 0.2) is 39.9 Å². The van der Waals surface area contributed by atoms with Crippen molar-refractivity contribution in [3.63, 3.8) is 0 Å². The maximum absolute atomic E-state index is 12.2. The molecule has 5 heterocycles. The summed E-state index contributed by atoms with van der Waals surface area (Å²) in [7, 11) is 1.81. The van der Waals surface area contributed by atoms with Gasteiger partial charge in [-0.1, -0.05) is 12.1 Å². The van der Waals surface area contributed by atoms with Gasteiger partial charge in [0.1, 0.15) is 0 Å². The molecular formula is C23H25N7O2. The van der Waals surface area contributed by atoms with Crippen LogP contribution in [0.3, 0.4) is 0 Å². The standard InChI is InChI=1S/C23H25N7O2/c1-3-14-7-16-17(27-23(14)31)6-13(10-25-16)12-29-4-5-30(19-9-18(19)29)15-8-20-21(26-11-15)22(24-2)28-32-20/h6-8,10-11,18-19H,3-5,9,12H2,1-2H3,(H,24,28)(H,27,31). The quantitative estimate of drug-likeness (QED) is 0.497. The zero-order valence-electron chi connectivity index (χ0n) is 18.1. The first-order valence-corrected chi connectivity index (χ1v) is 11.1. The summed E-state index contributed by atoms with van der Waals surface area (Å²) in [5.41, 5.74) is 6.08. The second-order valence-corrected chi connectivity index (χ2v) is 8.61. The van der Waals surface area contributed by atoms with Crippen LogP contribution in [0.5, 0.6) is 0 Å². The minimum absolute atomic E-state index is 0.0194. The molecule has 2 atom stereocenters. The van der Waals surface area contributed by atoms with Crippen LogP contribution < -0.4 is 15.8 Å². The lowest BCUT2D eigenvalue weighted by Gasteiger charge is -2.35. The van der Waals surface area contributed by atoms with E-state index in [2.05, 4.69) is 41.3 Å². The van der Waals surface area contributed by atoms with Gasteiger partial charge in [-0.25, -0.2) is 4.98 Å². The average molecular weight is 432 g/mol. The molecular weight excluding hydrogens is 406 g/mol. The van der Waals surface area contributed by atoms with Crippen LogP contribution in [-0.2, 0) is 13.0 Å². The van der Waals surface area contributed by atoms with E-state index in [1.54, 1.807) is 0 Å². The van der Waals surface area contributed by atoms with E-state index in [0.29, 0.717) is 29.9 Å². The number of pyridine rings is 3. The molecule has 9 heteroatoms. The number of aromatic nitrogens is 4. The van der Waals surface area contributed by atoms with E-state index in [0.717, 1.165) is 59.4 Å². The Labute approximate surface area is 184 Å². The number of hydrogen-bond acceptors (Lipinski definition) is 8. The van der Waals surface area contributed by atoms with Gasteiger partial charge in [0.25, 0.3) is 5.56 Å². The van der Waals surface area contributed by atoms with Crippen LogP contribution >= 0.6 is 0 Å². The molecule has 0 bridgehead atoms. The van der Waals surface area contributed by atoms with E-state index in [1.165, 1.54) is 0 Å². The number of aromatic amines is 1. The fraction of sp³-hybridized carbons (Fsp3) is 0.391. The zero-order chi connectivity index (χ0) is 21.8. The van der Waals surface area contributed by atoms with Crippen molar-refractivity contribution in [2.75, 3.05) is 30.4 Å². The van der Waals surface area contributed by atoms with Crippen LogP contribution in [0, 0.1) is 0 Å². The van der Waals surface area contributed by atoms with Gasteiger partial charge >= 0.3 is 0 Å². The highest BCUT2D eigenvalue weighted by molar-refractivity contribution is 5.86. The van der Waals surface area contributed by atoms with Crippen molar-refractivity contribution in [1.82, 2.24) is 25.0 Å². The molecule has 9 nitrogen and oxygen atoms in total. The average Bonchev–Trinajstić information content (AvgIpc) is 3.51. The van der Waals surface area contributed by atoms with Crippen LogP contribution in [0.2, 0.25) is 0 Å². The van der Waals surface area contributed by atoms with Crippen LogP contribution in [0.1, 0.15) is 24.5 Å². The van der Waals surface area contributed by atoms with Gasteiger partial charge in [0, 0.05) is 56.6 Å². The monoisotopic (exact) mass is 431 g/mol. The first-order chi connectivity index (χ1) is 15.6. The molecule has 1 saturated carbocycles. The van der Waals surface area contributed by atoms with Crippen LogP contribution in [-0.4, -0.2) is 57.2 Å². The zero-order valence-corrected chi connectivity index (χ0v) is 18.1. The predicted molar refractivity (Wildman–Crippen MR) is 123 cm³/mol. The van der Waals surface area contributed by atoms with Crippen molar-refractivity contribution in [3.05, 3.63) is 52.1 Å². The second-order valence-electron chi connectivity index (χ2n) is 8.61. The van der Waals surface area contributed by atoms with Gasteiger partial charge in [-0.15, -0.1) is 0 Å². The summed E-state index contributed by atoms with van der Waals surface area (Å²) in [5, 5.41) is 7.02. The van der Waals surface area contributed by atoms with Crippen LogP contribution in [0.25, 0.3) is 22.1 Å². The van der Waals surface area contributed by atoms with E-state index < -0.39 is 0 Å². The summed E-state index contributed by atoms with van der Waals surface area (Å²) in [4.78, 5) is 29.3. The molecule has 6 rings (SSSR count). The molecule has 2 unspecified atom stereocenters. The summed E-state index contributed by atoms with van der Waals surface area (Å²) < 4.78 is 5.43. The number of nitrogens with zero attached hydrogens (tertiary/aromatic N) is 5. The van der Waals surface area contributed by atoms with Gasteiger partial charge in [0.2, 0.25) is 0 Å². The fourth-order valence-corrected chi connectivity index (χ4v) is 4.87. The first-order valence-electron chi connectivity index (χ1n) is 11.1. The lowest BCUT2D eigenvalue weighted by Crippen LogP contribution is -2.46. The highest BCUT2D eigenvalue weighted by Gasteiger charge is 2.49. The lowest BCUT2D eigenvalue weighted by molar-refractivity contribution is 0.234. The van der Waals surface area contributed by atoms with Gasteiger partial charge < -0.3 is 19.7 Å². The third-order valence-electron chi connectivity index (χ3n) is 6.68. The highest BCUT2D eigenvalue weighted by Crippen LogP contribution is 2.40. The Balaban J connectivity index is 1.18. The molecule has 32 heavy (non-hydrogen) atoms. The Morgan fingerprint density at radius 3 is 2.94 bits per heavy atom. The Morgan fingerprint density at radius 1 is 1.19 bits per heavy atom. The third-order valence-corrected chi connectivity index (χ3v) is 6.68. The molecule has 4 aromatic heterocycles. The summed E-state index contributed by atoms with van der Waals surface area (Å²) in [6.45, 7) is 4.70. The minimum Gasteiger partial charge on any atom is -0.369 e. The Bertz CT molecular complexity index is 1380. The molecule has 0 radical (unpaired) electrons. The minimum atomic E-state index is -0.0194. The molecule has 1 aliphatic carbocycles. The maximum Gasteiger partial charge on any atom is 0.251 e. The Kier molecular flexibility index (Phi) is 4.39. The van der Waals surface area contributed by atoms with Crippen molar-refractivity contribution in [2.24, 2.45) is 0 Å². The van der Waals surface area contributed by atoms with E-state index in [-0.39, 0.29) is 5.56 Å². The molecule has 4 aromatic rings. The molecule has 2 aliphatic rings. The summed E-state index contributed by atoms with van der Waals surface area (Å²) in [6, 6.07) is 6.99. The number of piperazine rings is 1. The number of anilines is 2. The summed E-state index contributed by atoms with van der Waals surface area (Å²) in [6.07, 6.45) is 5.69. The summed E-state index contributed by atoms with van der Waals surface area (Å²) in [5.74, 6) is 0.664. The molecule has 2 fully saturated rings. The van der Waals surface area contributed by atoms with Gasteiger partial charge in [0.15, 0.2) is 16.9 Å². The van der Waals surface area contributed by atoms with E-state index in [4.69, 9.17) is 4.52 Å². The van der Waals surface area contributed by atoms with Crippen molar-refractivity contribution in [1.29, 1.82) is 0 Å². The van der Waals surface area contributed by atoms with Gasteiger partial charge in [-0.2, -0.15) is 0 Å². The SMILES string of the molecule is CCc1cc2ncc(CN3CCN(c4cnc5c(NC)noc5c4)C4CC43)cc2[nH]c1=O. The highest BCUT2D eigenvalue weighted by atomic mass is 16.5. The number of rotatable bonds is 5. The van der Waals surface area contributed by atoms with Crippen molar-refractivity contribution >= 4 is 33.6 Å². The normalized spacial score (nSPS) is 20.6. The maximum atomic E-state index is 12.2. The molecule has 2 N–H and O–H groups in total. The number of aryl methyl sites for hydroxylation is 1. The topological polar surface area (TPSA) is 103 Å². The fourth-order valence-electron chi connectivity index (χ4n) is 4.87. The molecule has 0 aromatic carbocycles. The molecule has 1 saturated heterocycles. The first kappa shape index (κ1) is 19.2. The molecule has 0 spiro atoms. The predicted octanol–water partition coefficient (Wildman–Crippen LogP) is 2.53. The number of H-pyrrole nitrogens is 1. The van der Waals surface area contributed by atoms with Crippen molar-refractivity contribution in [3.8, 4) is 0 Å². The van der Waals surface area contributed by atoms with E-state index in [9.17, 15) is 4.79 Å². The Hall–Kier alpha value is -3.46. The van der Waals surface area contributed by atoms with Gasteiger partial charge in [0.05, 0.1) is 22.9 Å². The van der Waals surface area contributed by atoms with E-state index in [1.807, 2.05) is 38.5 Å². The molecule has 0 amide bonds. The molecule has 164 valence electrons. The number of hydrogen-bond donors (Lipinski definition) is 2. The largest absolute Gasteiger partial charge is 0.369 e. The van der Waals surface area contributed by atoms with Crippen molar-refractivity contribution in [2.45, 2.75) is 38.4 Å².